The number of ether oxygens (including phenoxy) is 1. The van der Waals surface area contributed by atoms with Crippen LogP contribution in [0.25, 0.3) is 0 Å². The molecule has 0 spiro atoms. The normalized spacial score (nSPS) is 22.8. The Labute approximate surface area is 130 Å². The molecule has 3 rings (SSSR count). The highest BCUT2D eigenvalue weighted by molar-refractivity contribution is 7.91. The SMILES string of the molecule is Cc1cc(S(=O)(=O)NCC2CCCO2)sc1CNC1CC1. The predicted molar refractivity (Wildman–Crippen MR) is 83.1 cm³/mol. The van der Waals surface area contributed by atoms with Crippen molar-refractivity contribution < 1.29 is 13.2 Å². The maximum atomic E-state index is 12.3. The van der Waals surface area contributed by atoms with E-state index in [1.54, 1.807) is 6.07 Å². The van der Waals surface area contributed by atoms with E-state index in [-0.39, 0.29) is 6.10 Å². The number of thiophene rings is 1. The van der Waals surface area contributed by atoms with Crippen molar-refractivity contribution in [3.63, 3.8) is 0 Å². The van der Waals surface area contributed by atoms with Crippen LogP contribution in [0.15, 0.2) is 10.3 Å². The molecular weight excluding hydrogens is 308 g/mol. The second kappa shape index (κ2) is 6.34. The molecule has 0 amide bonds. The van der Waals surface area contributed by atoms with Crippen LogP contribution in [0.4, 0.5) is 0 Å². The van der Waals surface area contributed by atoms with Crippen LogP contribution >= 0.6 is 11.3 Å². The molecule has 1 saturated carbocycles. The average molecular weight is 330 g/mol. The molecule has 1 aliphatic carbocycles. The number of aryl methyl sites for hydroxylation is 1. The molecule has 0 bridgehead atoms. The van der Waals surface area contributed by atoms with Crippen molar-refractivity contribution in [3.05, 3.63) is 16.5 Å². The largest absolute Gasteiger partial charge is 0.377 e. The highest BCUT2D eigenvalue weighted by atomic mass is 32.2. The van der Waals surface area contributed by atoms with E-state index in [2.05, 4.69) is 10.0 Å². The molecule has 2 N–H and O–H groups in total. The van der Waals surface area contributed by atoms with Gasteiger partial charge in [-0.25, -0.2) is 13.1 Å². The molecule has 1 aromatic heterocycles. The van der Waals surface area contributed by atoms with Crippen molar-refractivity contribution in [1.29, 1.82) is 0 Å². The lowest BCUT2D eigenvalue weighted by Gasteiger charge is -2.10. The maximum absolute atomic E-state index is 12.3. The van der Waals surface area contributed by atoms with Gasteiger partial charge in [-0.15, -0.1) is 11.3 Å². The van der Waals surface area contributed by atoms with Gasteiger partial charge in [0.2, 0.25) is 10.0 Å². The fourth-order valence-electron chi connectivity index (χ4n) is 2.40. The molecule has 1 unspecified atom stereocenters. The molecule has 1 saturated heterocycles. The van der Waals surface area contributed by atoms with E-state index >= 15 is 0 Å². The zero-order valence-electron chi connectivity index (χ0n) is 12.2. The van der Waals surface area contributed by atoms with Crippen molar-refractivity contribution in [2.45, 2.75) is 55.5 Å². The van der Waals surface area contributed by atoms with E-state index in [1.165, 1.54) is 24.2 Å². The van der Waals surface area contributed by atoms with Gasteiger partial charge in [0, 0.05) is 30.6 Å². The molecule has 0 radical (unpaired) electrons. The molecule has 0 aromatic carbocycles. The Bertz CT molecular complexity index is 587. The van der Waals surface area contributed by atoms with Crippen LogP contribution in [-0.4, -0.2) is 33.7 Å². The van der Waals surface area contributed by atoms with Gasteiger partial charge in [0.25, 0.3) is 0 Å². The van der Waals surface area contributed by atoms with Crippen molar-refractivity contribution in [3.8, 4) is 0 Å². The first-order chi connectivity index (χ1) is 10.0. The predicted octanol–water partition coefficient (Wildman–Crippen LogP) is 1.77. The zero-order valence-corrected chi connectivity index (χ0v) is 13.9. The van der Waals surface area contributed by atoms with Crippen molar-refractivity contribution in [2.24, 2.45) is 0 Å². The summed E-state index contributed by atoms with van der Waals surface area (Å²) in [5.74, 6) is 0. The third-order valence-corrected chi connectivity index (χ3v) is 7.05. The Balaban J connectivity index is 1.61. The van der Waals surface area contributed by atoms with Crippen molar-refractivity contribution >= 4 is 21.4 Å². The molecule has 5 nitrogen and oxygen atoms in total. The highest BCUT2D eigenvalue weighted by Gasteiger charge is 2.24. The molecule has 118 valence electrons. The molecule has 2 aliphatic rings. The molecule has 1 atom stereocenters. The molecule has 1 aromatic rings. The molecule has 7 heteroatoms. The molecule has 1 aliphatic heterocycles. The summed E-state index contributed by atoms with van der Waals surface area (Å²) >= 11 is 1.36. The monoisotopic (exact) mass is 330 g/mol. The molecule has 2 fully saturated rings. The summed E-state index contributed by atoms with van der Waals surface area (Å²) in [5, 5.41) is 3.43. The number of nitrogens with one attached hydrogen (secondary N) is 2. The summed E-state index contributed by atoms with van der Waals surface area (Å²) in [5.41, 5.74) is 1.05. The van der Waals surface area contributed by atoms with Gasteiger partial charge in [-0.05, 0) is 44.2 Å². The first-order valence-electron chi connectivity index (χ1n) is 7.48. The van der Waals surface area contributed by atoms with Crippen LogP contribution in [0.5, 0.6) is 0 Å². The Morgan fingerprint density at radius 3 is 2.86 bits per heavy atom. The van der Waals surface area contributed by atoms with Gasteiger partial charge >= 0.3 is 0 Å². The Morgan fingerprint density at radius 2 is 2.19 bits per heavy atom. The highest BCUT2D eigenvalue weighted by Crippen LogP contribution is 2.27. The van der Waals surface area contributed by atoms with E-state index in [1.807, 2.05) is 6.92 Å². The number of sulfonamides is 1. The fourth-order valence-corrected chi connectivity index (χ4v) is 5.05. The van der Waals surface area contributed by atoms with Crippen molar-refractivity contribution in [2.75, 3.05) is 13.2 Å². The number of rotatable bonds is 7. The van der Waals surface area contributed by atoms with Crippen LogP contribution in [0, 0.1) is 6.92 Å². The van der Waals surface area contributed by atoms with Gasteiger partial charge in [0.05, 0.1) is 6.10 Å². The molecular formula is C14H22N2O3S2. The van der Waals surface area contributed by atoms with E-state index < -0.39 is 10.0 Å². The first kappa shape index (κ1) is 15.4. The standard InChI is InChI=1S/C14H22N2O3S2/c1-10-7-14(20-13(10)9-15-11-4-5-11)21(17,18)16-8-12-3-2-6-19-12/h7,11-12,15-16H,2-6,8-9H2,1H3. The summed E-state index contributed by atoms with van der Waals surface area (Å²) in [6, 6.07) is 2.40. The summed E-state index contributed by atoms with van der Waals surface area (Å²) in [7, 11) is -3.41. The third-order valence-electron chi connectivity index (χ3n) is 3.92. The fraction of sp³-hybridized carbons (Fsp3) is 0.714. The minimum Gasteiger partial charge on any atom is -0.377 e. The summed E-state index contributed by atoms with van der Waals surface area (Å²) in [4.78, 5) is 1.11. The summed E-state index contributed by atoms with van der Waals surface area (Å²) < 4.78 is 33.2. The van der Waals surface area contributed by atoms with Crippen LogP contribution in [-0.2, 0) is 21.3 Å². The van der Waals surface area contributed by atoms with Gasteiger partial charge in [0.1, 0.15) is 4.21 Å². The summed E-state index contributed by atoms with van der Waals surface area (Å²) in [6.45, 7) is 3.85. The minimum absolute atomic E-state index is 0.0248. The lowest BCUT2D eigenvalue weighted by Crippen LogP contribution is -2.31. The topological polar surface area (TPSA) is 67.4 Å². The Hall–Kier alpha value is -0.470. The van der Waals surface area contributed by atoms with E-state index in [0.717, 1.165) is 36.4 Å². The minimum atomic E-state index is -3.41. The van der Waals surface area contributed by atoms with Gasteiger partial charge in [-0.2, -0.15) is 0 Å². The molecule has 21 heavy (non-hydrogen) atoms. The third kappa shape index (κ3) is 4.04. The second-order valence-electron chi connectivity index (χ2n) is 5.81. The number of hydrogen-bond acceptors (Lipinski definition) is 5. The second-order valence-corrected chi connectivity index (χ2v) is 8.94. The van der Waals surface area contributed by atoms with Gasteiger partial charge in [-0.3, -0.25) is 0 Å². The Morgan fingerprint density at radius 1 is 1.38 bits per heavy atom. The van der Waals surface area contributed by atoms with Crippen molar-refractivity contribution in [1.82, 2.24) is 10.0 Å². The number of hydrogen-bond donors (Lipinski definition) is 2. The van der Waals surface area contributed by atoms with E-state index in [0.29, 0.717) is 16.8 Å². The quantitative estimate of drug-likeness (QED) is 0.799. The zero-order chi connectivity index (χ0) is 14.9. The lowest BCUT2D eigenvalue weighted by atomic mass is 10.2. The summed E-state index contributed by atoms with van der Waals surface area (Å²) in [6.07, 6.45) is 4.44. The van der Waals surface area contributed by atoms with Crippen LogP contribution in [0.3, 0.4) is 0 Å². The lowest BCUT2D eigenvalue weighted by molar-refractivity contribution is 0.114. The Kier molecular flexibility index (Phi) is 4.66. The van der Waals surface area contributed by atoms with Gasteiger partial charge in [-0.1, -0.05) is 0 Å². The average Bonchev–Trinajstić information content (AvgIpc) is 2.98. The van der Waals surface area contributed by atoms with Gasteiger partial charge in [0.15, 0.2) is 0 Å². The van der Waals surface area contributed by atoms with Crippen LogP contribution in [0.2, 0.25) is 0 Å². The first-order valence-corrected chi connectivity index (χ1v) is 9.78. The van der Waals surface area contributed by atoms with E-state index in [4.69, 9.17) is 4.74 Å². The smallest absolute Gasteiger partial charge is 0.250 e. The maximum Gasteiger partial charge on any atom is 0.250 e. The van der Waals surface area contributed by atoms with Gasteiger partial charge < -0.3 is 10.1 Å². The van der Waals surface area contributed by atoms with E-state index in [9.17, 15) is 8.42 Å². The van der Waals surface area contributed by atoms with Crippen LogP contribution in [0.1, 0.15) is 36.1 Å². The molecule has 2 heterocycles. The van der Waals surface area contributed by atoms with Crippen LogP contribution < -0.4 is 10.0 Å².